The van der Waals surface area contributed by atoms with Crippen LogP contribution in [0.15, 0.2) is 41.9 Å². The van der Waals surface area contributed by atoms with Crippen LogP contribution in [0.25, 0.3) is 10.2 Å². The molecule has 2 heterocycles. The van der Waals surface area contributed by atoms with E-state index in [0.29, 0.717) is 15.6 Å². The molecular weight excluding hydrogens is 313 g/mol. The molecule has 0 fully saturated rings. The van der Waals surface area contributed by atoms with Gasteiger partial charge in [0.1, 0.15) is 0 Å². The number of rotatable bonds is 3. The zero-order valence-corrected chi connectivity index (χ0v) is 12.6. The molecule has 3 rings (SSSR count). The Balaban J connectivity index is 1.90. The molecule has 0 aliphatic heterocycles. The van der Waals surface area contributed by atoms with E-state index in [0.717, 1.165) is 15.8 Å². The third kappa shape index (κ3) is 2.57. The molecule has 0 amide bonds. The number of thiophene rings is 1. The lowest BCUT2D eigenvalue weighted by Gasteiger charge is -2.05. The summed E-state index contributed by atoms with van der Waals surface area (Å²) in [6.07, 6.45) is 1.83. The van der Waals surface area contributed by atoms with Crippen molar-refractivity contribution in [1.29, 1.82) is 0 Å². The van der Waals surface area contributed by atoms with Gasteiger partial charge in [-0.05, 0) is 29.1 Å². The largest absolute Gasteiger partial charge is 0.294 e. The van der Waals surface area contributed by atoms with E-state index in [1.54, 1.807) is 29.7 Å². The van der Waals surface area contributed by atoms with Crippen LogP contribution in [0, 0.1) is 0 Å². The summed E-state index contributed by atoms with van der Waals surface area (Å²) in [4.78, 5) is 16.6. The van der Waals surface area contributed by atoms with E-state index in [1.165, 1.54) is 0 Å². The summed E-state index contributed by atoms with van der Waals surface area (Å²) in [6, 6.07) is 9.10. The molecule has 0 atom stereocenters. The van der Waals surface area contributed by atoms with Crippen LogP contribution in [0.2, 0.25) is 10.0 Å². The van der Waals surface area contributed by atoms with E-state index in [-0.39, 0.29) is 12.2 Å². The highest BCUT2D eigenvalue weighted by atomic mass is 35.5. The highest BCUT2D eigenvalue weighted by Gasteiger charge is 2.12. The Labute approximate surface area is 130 Å². The van der Waals surface area contributed by atoms with Crippen LogP contribution in [0.1, 0.15) is 15.9 Å². The summed E-state index contributed by atoms with van der Waals surface area (Å²) in [5, 5.41) is 2.86. The Morgan fingerprint density at radius 3 is 2.95 bits per heavy atom. The molecule has 2 aromatic heterocycles. The molecule has 0 N–H and O–H groups in total. The minimum absolute atomic E-state index is 0.0167. The molecule has 20 heavy (non-hydrogen) atoms. The number of nitrogens with zero attached hydrogens (tertiary/aromatic N) is 1. The van der Waals surface area contributed by atoms with Crippen molar-refractivity contribution in [1.82, 2.24) is 4.98 Å². The topological polar surface area (TPSA) is 30.0 Å². The van der Waals surface area contributed by atoms with Gasteiger partial charge < -0.3 is 0 Å². The number of Topliss-reactive ketones (excluding diaryl/α,β-unsaturated/α-hetero) is 1. The first-order valence-electron chi connectivity index (χ1n) is 5.94. The van der Waals surface area contributed by atoms with Crippen LogP contribution in [-0.4, -0.2) is 10.8 Å². The molecule has 3 aromatic rings. The van der Waals surface area contributed by atoms with E-state index in [1.807, 2.05) is 23.6 Å². The predicted molar refractivity (Wildman–Crippen MR) is 84.1 cm³/mol. The van der Waals surface area contributed by atoms with Gasteiger partial charge in [0.25, 0.3) is 0 Å². The normalized spacial score (nSPS) is 10.9. The fourth-order valence-electron chi connectivity index (χ4n) is 1.96. The van der Waals surface area contributed by atoms with Crippen LogP contribution >= 0.6 is 34.5 Å². The summed E-state index contributed by atoms with van der Waals surface area (Å²) in [5.74, 6) is -0.0167. The van der Waals surface area contributed by atoms with Gasteiger partial charge in [-0.2, -0.15) is 0 Å². The summed E-state index contributed by atoms with van der Waals surface area (Å²) in [6.45, 7) is 0. The van der Waals surface area contributed by atoms with Gasteiger partial charge in [-0.15, -0.1) is 11.3 Å². The number of carbonyl (C=O) groups is 1. The van der Waals surface area contributed by atoms with Crippen molar-refractivity contribution in [3.63, 3.8) is 0 Å². The lowest BCUT2D eigenvalue weighted by molar-refractivity contribution is 0.0993. The van der Waals surface area contributed by atoms with Crippen molar-refractivity contribution in [3.05, 3.63) is 63.1 Å². The third-order valence-corrected chi connectivity index (χ3v) is 4.72. The fraction of sp³-hybridized carbons (Fsp3) is 0.0667. The molecule has 1 aromatic carbocycles. The highest BCUT2D eigenvalue weighted by Crippen LogP contribution is 2.27. The second kappa shape index (κ2) is 5.52. The number of hydrogen-bond acceptors (Lipinski definition) is 3. The predicted octanol–water partition coefficient (Wildman–Crippen LogP) is 5.03. The molecule has 0 bridgehead atoms. The van der Waals surface area contributed by atoms with Crippen LogP contribution in [0.3, 0.4) is 0 Å². The standard InChI is InChI=1S/C15H9Cl2NOS/c16-11-3-1-2-9(15(11)17)6-13(19)10-7-14-12(18-8-10)4-5-20-14/h1-5,7-8H,6H2. The molecule has 0 unspecified atom stereocenters. The minimum Gasteiger partial charge on any atom is -0.294 e. The van der Waals surface area contributed by atoms with Crippen molar-refractivity contribution < 1.29 is 4.79 Å². The molecular formula is C15H9Cl2NOS. The van der Waals surface area contributed by atoms with Crippen LogP contribution in [0.4, 0.5) is 0 Å². The molecule has 2 nitrogen and oxygen atoms in total. The number of pyridine rings is 1. The average Bonchev–Trinajstić information content (AvgIpc) is 2.91. The SMILES string of the molecule is O=C(Cc1cccc(Cl)c1Cl)c1cnc2ccsc2c1. The first-order valence-corrected chi connectivity index (χ1v) is 7.58. The van der Waals surface area contributed by atoms with Crippen molar-refractivity contribution in [3.8, 4) is 0 Å². The first-order chi connectivity index (χ1) is 9.65. The van der Waals surface area contributed by atoms with E-state index >= 15 is 0 Å². The summed E-state index contributed by atoms with van der Waals surface area (Å²) in [5.41, 5.74) is 2.23. The van der Waals surface area contributed by atoms with Gasteiger partial charge in [0.2, 0.25) is 0 Å². The minimum atomic E-state index is -0.0167. The van der Waals surface area contributed by atoms with Crippen LogP contribution < -0.4 is 0 Å². The number of ketones is 1. The van der Waals surface area contributed by atoms with Gasteiger partial charge in [-0.1, -0.05) is 35.3 Å². The van der Waals surface area contributed by atoms with Crippen molar-refractivity contribution >= 4 is 50.5 Å². The van der Waals surface area contributed by atoms with E-state index < -0.39 is 0 Å². The molecule has 0 aliphatic rings. The van der Waals surface area contributed by atoms with Gasteiger partial charge in [0.15, 0.2) is 5.78 Å². The average molecular weight is 322 g/mol. The molecule has 0 aliphatic carbocycles. The van der Waals surface area contributed by atoms with E-state index in [4.69, 9.17) is 23.2 Å². The summed E-state index contributed by atoms with van der Waals surface area (Å²) < 4.78 is 1.01. The second-order valence-electron chi connectivity index (χ2n) is 4.34. The Bertz CT molecular complexity index is 797. The van der Waals surface area contributed by atoms with E-state index in [2.05, 4.69) is 4.98 Å². The quantitative estimate of drug-likeness (QED) is 0.633. The lowest BCUT2D eigenvalue weighted by atomic mass is 10.0. The van der Waals surface area contributed by atoms with Gasteiger partial charge in [0.05, 0.1) is 20.3 Å². The Morgan fingerprint density at radius 1 is 1.25 bits per heavy atom. The Morgan fingerprint density at radius 2 is 2.10 bits per heavy atom. The molecule has 100 valence electrons. The Kier molecular flexibility index (Phi) is 3.74. The fourth-order valence-corrected chi connectivity index (χ4v) is 3.13. The number of halogens is 2. The number of fused-ring (bicyclic) bond motifs is 1. The molecule has 0 saturated carbocycles. The third-order valence-electron chi connectivity index (χ3n) is 3.01. The molecule has 0 radical (unpaired) electrons. The maximum absolute atomic E-state index is 12.3. The molecule has 0 spiro atoms. The smallest absolute Gasteiger partial charge is 0.168 e. The number of aromatic nitrogens is 1. The maximum Gasteiger partial charge on any atom is 0.168 e. The van der Waals surface area contributed by atoms with Gasteiger partial charge >= 0.3 is 0 Å². The molecule has 5 heteroatoms. The number of carbonyl (C=O) groups excluding carboxylic acids is 1. The number of hydrogen-bond donors (Lipinski definition) is 0. The second-order valence-corrected chi connectivity index (χ2v) is 6.07. The van der Waals surface area contributed by atoms with Crippen LogP contribution in [-0.2, 0) is 6.42 Å². The van der Waals surface area contributed by atoms with Gasteiger partial charge in [-0.3, -0.25) is 9.78 Å². The lowest BCUT2D eigenvalue weighted by Crippen LogP contribution is -2.04. The summed E-state index contributed by atoms with van der Waals surface area (Å²) >= 11 is 13.6. The summed E-state index contributed by atoms with van der Waals surface area (Å²) in [7, 11) is 0. The maximum atomic E-state index is 12.3. The monoisotopic (exact) mass is 321 g/mol. The van der Waals surface area contributed by atoms with E-state index in [9.17, 15) is 4.79 Å². The highest BCUT2D eigenvalue weighted by molar-refractivity contribution is 7.17. The van der Waals surface area contributed by atoms with Crippen LogP contribution in [0.5, 0.6) is 0 Å². The van der Waals surface area contributed by atoms with Gasteiger partial charge in [0, 0.05) is 18.2 Å². The van der Waals surface area contributed by atoms with Crippen molar-refractivity contribution in [2.75, 3.05) is 0 Å². The molecule has 0 saturated heterocycles. The van der Waals surface area contributed by atoms with Crippen molar-refractivity contribution in [2.45, 2.75) is 6.42 Å². The number of benzene rings is 1. The van der Waals surface area contributed by atoms with Crippen molar-refractivity contribution in [2.24, 2.45) is 0 Å². The first kappa shape index (κ1) is 13.6. The zero-order valence-electron chi connectivity index (χ0n) is 10.3. The zero-order chi connectivity index (χ0) is 14.1. The van der Waals surface area contributed by atoms with Gasteiger partial charge in [-0.25, -0.2) is 0 Å². The Hall–Kier alpha value is -1.42.